The normalized spacial score (nSPS) is 13.6. The van der Waals surface area contributed by atoms with Gasteiger partial charge < -0.3 is 10.8 Å². The van der Waals surface area contributed by atoms with Crippen molar-refractivity contribution in [1.29, 1.82) is 0 Å². The number of benzene rings is 1. The van der Waals surface area contributed by atoms with Gasteiger partial charge in [-0.1, -0.05) is 12.1 Å². The van der Waals surface area contributed by atoms with Gasteiger partial charge in [-0.05, 0) is 31.5 Å². The van der Waals surface area contributed by atoms with E-state index in [1.807, 2.05) is 0 Å². The second kappa shape index (κ2) is 5.70. The number of carbonyl (C=O) groups is 3. The lowest BCUT2D eigenvalue weighted by Gasteiger charge is -2.27. The van der Waals surface area contributed by atoms with Crippen molar-refractivity contribution in [2.75, 3.05) is 13.1 Å². The van der Waals surface area contributed by atoms with Crippen LogP contribution in [0.2, 0.25) is 0 Å². The number of carbonyl (C=O) groups excluding carboxylic acids is 2. The largest absolute Gasteiger partial charge is 0.464 e. The standard InChI is InChI=1S/C13H15N3O4/c14-7-3-4-8-15(13(19)20)16-11(17)9-5-1-2-6-10(9)12(16)18/h1-2,5-6H,3-4,7-8,14H2,(H,19,20). The molecule has 0 spiro atoms. The van der Waals surface area contributed by atoms with Gasteiger partial charge in [0.2, 0.25) is 0 Å². The third-order valence-electron chi connectivity index (χ3n) is 3.06. The lowest BCUT2D eigenvalue weighted by atomic mass is 10.1. The number of nitrogens with two attached hydrogens (primary N) is 1. The number of unbranched alkanes of at least 4 members (excludes halogenated alkanes) is 1. The van der Waals surface area contributed by atoms with Crippen LogP contribution in [0.5, 0.6) is 0 Å². The molecule has 0 bridgehead atoms. The van der Waals surface area contributed by atoms with Crippen LogP contribution in [0.4, 0.5) is 4.79 Å². The fourth-order valence-corrected chi connectivity index (χ4v) is 2.08. The van der Waals surface area contributed by atoms with Crippen molar-refractivity contribution >= 4 is 17.9 Å². The van der Waals surface area contributed by atoms with Crippen LogP contribution in [0.25, 0.3) is 0 Å². The highest BCUT2D eigenvalue weighted by atomic mass is 16.4. The molecule has 7 nitrogen and oxygen atoms in total. The average Bonchev–Trinajstić information content (AvgIpc) is 2.68. The Kier molecular flexibility index (Phi) is 3.99. The second-order valence-corrected chi connectivity index (χ2v) is 4.37. The molecule has 0 aliphatic carbocycles. The Morgan fingerprint density at radius 2 is 1.70 bits per heavy atom. The molecule has 3 amide bonds. The van der Waals surface area contributed by atoms with Crippen molar-refractivity contribution in [3.05, 3.63) is 35.4 Å². The van der Waals surface area contributed by atoms with Crippen molar-refractivity contribution < 1.29 is 19.5 Å². The first kappa shape index (κ1) is 14.0. The van der Waals surface area contributed by atoms with Crippen molar-refractivity contribution in [3.8, 4) is 0 Å². The molecule has 0 aromatic heterocycles. The van der Waals surface area contributed by atoms with Crippen LogP contribution >= 0.6 is 0 Å². The van der Waals surface area contributed by atoms with Crippen LogP contribution in [0.3, 0.4) is 0 Å². The minimum Gasteiger partial charge on any atom is -0.464 e. The molecule has 1 aliphatic rings. The summed E-state index contributed by atoms with van der Waals surface area (Å²) in [6.45, 7) is 0.480. The number of hydrazine groups is 1. The van der Waals surface area contributed by atoms with Gasteiger partial charge in [0.15, 0.2) is 0 Å². The third-order valence-corrected chi connectivity index (χ3v) is 3.06. The Labute approximate surface area is 115 Å². The molecule has 0 saturated carbocycles. The topological polar surface area (TPSA) is 104 Å². The summed E-state index contributed by atoms with van der Waals surface area (Å²) in [6.07, 6.45) is -0.236. The van der Waals surface area contributed by atoms with Crippen LogP contribution in [0.15, 0.2) is 24.3 Å². The van der Waals surface area contributed by atoms with Gasteiger partial charge in [-0.15, -0.1) is 0 Å². The summed E-state index contributed by atoms with van der Waals surface area (Å²) in [5.74, 6) is -1.22. The third kappa shape index (κ3) is 2.35. The van der Waals surface area contributed by atoms with Gasteiger partial charge in [0.05, 0.1) is 11.1 Å². The number of amides is 3. The van der Waals surface area contributed by atoms with E-state index in [0.717, 1.165) is 5.01 Å². The SMILES string of the molecule is NCCCCN(C(=O)O)N1C(=O)c2ccccc2C1=O. The first-order valence-corrected chi connectivity index (χ1v) is 6.26. The maximum Gasteiger partial charge on any atom is 0.426 e. The molecule has 0 saturated heterocycles. The van der Waals surface area contributed by atoms with Crippen molar-refractivity contribution in [3.63, 3.8) is 0 Å². The lowest BCUT2D eigenvalue weighted by Crippen LogP contribution is -2.49. The van der Waals surface area contributed by atoms with Gasteiger partial charge in [-0.2, -0.15) is 5.01 Å². The van der Waals surface area contributed by atoms with E-state index >= 15 is 0 Å². The molecule has 1 aromatic rings. The molecule has 0 radical (unpaired) electrons. The van der Waals surface area contributed by atoms with E-state index in [1.54, 1.807) is 12.1 Å². The van der Waals surface area contributed by atoms with Gasteiger partial charge >= 0.3 is 6.09 Å². The highest BCUT2D eigenvalue weighted by Crippen LogP contribution is 2.24. The zero-order valence-corrected chi connectivity index (χ0v) is 10.8. The van der Waals surface area contributed by atoms with Gasteiger partial charge in [-0.3, -0.25) is 9.59 Å². The molecule has 7 heteroatoms. The fourth-order valence-electron chi connectivity index (χ4n) is 2.08. The maximum absolute atomic E-state index is 12.2. The molecule has 20 heavy (non-hydrogen) atoms. The van der Waals surface area contributed by atoms with Crippen LogP contribution in [0.1, 0.15) is 33.6 Å². The average molecular weight is 277 g/mol. The highest BCUT2D eigenvalue weighted by Gasteiger charge is 2.40. The monoisotopic (exact) mass is 277 g/mol. The van der Waals surface area contributed by atoms with Crippen LogP contribution in [-0.2, 0) is 0 Å². The molecule has 2 rings (SSSR count). The summed E-state index contributed by atoms with van der Waals surface area (Å²) in [7, 11) is 0. The zero-order valence-electron chi connectivity index (χ0n) is 10.8. The minimum atomic E-state index is -1.34. The molecule has 1 aliphatic heterocycles. The molecule has 3 N–H and O–H groups in total. The Morgan fingerprint density at radius 1 is 1.15 bits per heavy atom. The zero-order chi connectivity index (χ0) is 14.7. The lowest BCUT2D eigenvalue weighted by molar-refractivity contribution is 0.00605. The van der Waals surface area contributed by atoms with Crippen LogP contribution in [-0.4, -0.2) is 46.1 Å². The van der Waals surface area contributed by atoms with Crippen molar-refractivity contribution in [2.24, 2.45) is 5.73 Å². The van der Waals surface area contributed by atoms with E-state index in [1.165, 1.54) is 12.1 Å². The van der Waals surface area contributed by atoms with E-state index in [-0.39, 0.29) is 17.7 Å². The van der Waals surface area contributed by atoms with E-state index in [2.05, 4.69) is 0 Å². The summed E-state index contributed by atoms with van der Waals surface area (Å²) in [5, 5.41) is 10.6. The predicted molar refractivity (Wildman–Crippen MR) is 70.0 cm³/mol. The minimum absolute atomic E-state index is 0.0536. The van der Waals surface area contributed by atoms with E-state index < -0.39 is 17.9 Å². The quantitative estimate of drug-likeness (QED) is 0.615. The molecule has 106 valence electrons. The van der Waals surface area contributed by atoms with Gasteiger partial charge in [-0.25, -0.2) is 9.80 Å². The van der Waals surface area contributed by atoms with Crippen LogP contribution in [0, 0.1) is 0 Å². The number of hydrogen-bond donors (Lipinski definition) is 2. The van der Waals surface area contributed by atoms with Gasteiger partial charge in [0.25, 0.3) is 11.8 Å². The molecule has 1 aromatic carbocycles. The number of hydrogen-bond acceptors (Lipinski definition) is 4. The molecular formula is C13H15N3O4. The first-order chi connectivity index (χ1) is 9.57. The molecular weight excluding hydrogens is 262 g/mol. The van der Waals surface area contributed by atoms with Crippen molar-refractivity contribution in [2.45, 2.75) is 12.8 Å². The predicted octanol–water partition coefficient (Wildman–Crippen LogP) is 0.917. The van der Waals surface area contributed by atoms with Gasteiger partial charge in [0.1, 0.15) is 0 Å². The number of fused-ring (bicyclic) bond motifs is 1. The second-order valence-electron chi connectivity index (χ2n) is 4.37. The summed E-state index contributed by atoms with van der Waals surface area (Å²) in [6, 6.07) is 6.28. The first-order valence-electron chi connectivity index (χ1n) is 6.26. The number of nitrogens with zero attached hydrogens (tertiary/aromatic N) is 2. The van der Waals surface area contributed by atoms with Crippen molar-refractivity contribution in [1.82, 2.24) is 10.0 Å². The fraction of sp³-hybridized carbons (Fsp3) is 0.308. The molecule has 0 atom stereocenters. The summed E-state index contributed by atoms with van der Waals surface area (Å²) < 4.78 is 0. The summed E-state index contributed by atoms with van der Waals surface area (Å²) in [4.78, 5) is 35.6. The summed E-state index contributed by atoms with van der Waals surface area (Å²) in [5.41, 5.74) is 5.80. The van der Waals surface area contributed by atoms with E-state index in [9.17, 15) is 19.5 Å². The molecule has 0 unspecified atom stereocenters. The maximum atomic E-state index is 12.2. The smallest absolute Gasteiger partial charge is 0.426 e. The number of rotatable bonds is 5. The Morgan fingerprint density at radius 3 is 2.15 bits per heavy atom. The number of imide groups is 1. The van der Waals surface area contributed by atoms with E-state index in [0.29, 0.717) is 24.4 Å². The summed E-state index contributed by atoms with van der Waals surface area (Å²) >= 11 is 0. The molecule has 0 fully saturated rings. The number of carboxylic acid groups (broad SMARTS) is 1. The van der Waals surface area contributed by atoms with Gasteiger partial charge in [0, 0.05) is 6.54 Å². The van der Waals surface area contributed by atoms with Crippen LogP contribution < -0.4 is 5.73 Å². The highest BCUT2D eigenvalue weighted by molar-refractivity contribution is 6.21. The Balaban J connectivity index is 2.25. The van der Waals surface area contributed by atoms with E-state index in [4.69, 9.17) is 5.73 Å². The Hall–Kier alpha value is -2.41. The molecule has 1 heterocycles. The Bertz CT molecular complexity index is 523.